The molecule has 0 saturated heterocycles. The zero-order valence-electron chi connectivity index (χ0n) is 15.3. The maximum atomic E-state index is 11.9. The number of hydrogen-bond acceptors (Lipinski definition) is 5. The molecule has 0 aliphatic heterocycles. The standard InChI is InChI=1S/C16H29N3O4S2/c1-16(2,3)25(22,23)18-13-7-5-6-12-17-14-8-10-15(11-9-14)19-24(4,20)21/h8-11,17-19H,5-7,12-13H2,1-4H3. The summed E-state index contributed by atoms with van der Waals surface area (Å²) in [6.07, 6.45) is 3.73. The predicted octanol–water partition coefficient (Wildman–Crippen LogP) is 2.36. The number of benzene rings is 1. The number of rotatable bonds is 10. The molecule has 0 saturated carbocycles. The number of anilines is 2. The quantitative estimate of drug-likeness (QED) is 0.531. The third kappa shape index (κ3) is 8.55. The minimum absolute atomic E-state index is 0.450. The second-order valence-corrected chi connectivity index (χ2v) is 11.2. The zero-order chi connectivity index (χ0) is 19.1. The summed E-state index contributed by atoms with van der Waals surface area (Å²) in [5.74, 6) is 0. The van der Waals surface area contributed by atoms with Crippen molar-refractivity contribution in [3.63, 3.8) is 0 Å². The van der Waals surface area contributed by atoms with Crippen LogP contribution < -0.4 is 14.8 Å². The van der Waals surface area contributed by atoms with Gasteiger partial charge in [0, 0.05) is 24.5 Å². The Bertz CT molecular complexity index is 737. The van der Waals surface area contributed by atoms with Crippen LogP contribution in [0.2, 0.25) is 0 Å². The lowest BCUT2D eigenvalue weighted by molar-refractivity contribution is 0.540. The summed E-state index contributed by atoms with van der Waals surface area (Å²) in [4.78, 5) is 0. The van der Waals surface area contributed by atoms with Gasteiger partial charge in [0.15, 0.2) is 0 Å². The Morgan fingerprint density at radius 1 is 0.840 bits per heavy atom. The highest BCUT2D eigenvalue weighted by atomic mass is 32.2. The van der Waals surface area contributed by atoms with Crippen molar-refractivity contribution < 1.29 is 16.8 Å². The van der Waals surface area contributed by atoms with E-state index in [-0.39, 0.29) is 0 Å². The summed E-state index contributed by atoms with van der Waals surface area (Å²) in [5, 5.41) is 3.25. The molecular weight excluding hydrogens is 362 g/mol. The third-order valence-electron chi connectivity index (χ3n) is 3.47. The molecule has 25 heavy (non-hydrogen) atoms. The van der Waals surface area contributed by atoms with Crippen LogP contribution in [-0.4, -0.2) is 40.9 Å². The molecule has 0 aliphatic carbocycles. The molecule has 1 rings (SSSR count). The van der Waals surface area contributed by atoms with Gasteiger partial charge in [0.2, 0.25) is 20.0 Å². The number of hydrogen-bond donors (Lipinski definition) is 3. The van der Waals surface area contributed by atoms with Gasteiger partial charge in [0.05, 0.1) is 11.0 Å². The summed E-state index contributed by atoms with van der Waals surface area (Å²) < 4.78 is 50.3. The number of unbranched alkanes of at least 4 members (excludes halogenated alkanes) is 2. The van der Waals surface area contributed by atoms with Gasteiger partial charge in [-0.15, -0.1) is 0 Å². The van der Waals surface area contributed by atoms with Crippen molar-refractivity contribution >= 4 is 31.4 Å². The lowest BCUT2D eigenvalue weighted by atomic mass is 10.2. The SMILES string of the molecule is CC(C)(C)S(=O)(=O)NCCCCCNc1ccc(NS(C)(=O)=O)cc1. The fourth-order valence-corrected chi connectivity index (χ4v) is 3.36. The Morgan fingerprint density at radius 3 is 1.88 bits per heavy atom. The summed E-state index contributed by atoms with van der Waals surface area (Å²) in [7, 11) is -6.52. The van der Waals surface area contributed by atoms with Gasteiger partial charge in [-0.05, 0) is 57.9 Å². The van der Waals surface area contributed by atoms with E-state index in [0.717, 1.165) is 37.8 Å². The molecule has 1 aromatic carbocycles. The second kappa shape index (κ2) is 8.86. The van der Waals surface area contributed by atoms with Gasteiger partial charge in [-0.25, -0.2) is 21.6 Å². The van der Waals surface area contributed by atoms with E-state index in [1.165, 1.54) is 0 Å². The van der Waals surface area contributed by atoms with Crippen molar-refractivity contribution in [2.45, 2.75) is 44.8 Å². The van der Waals surface area contributed by atoms with Gasteiger partial charge >= 0.3 is 0 Å². The van der Waals surface area contributed by atoms with Crippen LogP contribution in [0.3, 0.4) is 0 Å². The van der Waals surface area contributed by atoms with Crippen LogP contribution in [0.1, 0.15) is 40.0 Å². The van der Waals surface area contributed by atoms with Gasteiger partial charge in [0.25, 0.3) is 0 Å². The smallest absolute Gasteiger partial charge is 0.229 e. The molecule has 9 heteroatoms. The normalized spacial score (nSPS) is 12.8. The fraction of sp³-hybridized carbons (Fsp3) is 0.625. The van der Waals surface area contributed by atoms with Gasteiger partial charge in [-0.3, -0.25) is 4.72 Å². The minimum atomic E-state index is -3.27. The molecule has 0 aromatic heterocycles. The Labute approximate surface area is 151 Å². The topological polar surface area (TPSA) is 104 Å². The van der Waals surface area contributed by atoms with E-state index >= 15 is 0 Å². The Morgan fingerprint density at radius 2 is 1.36 bits per heavy atom. The molecule has 0 atom stereocenters. The molecule has 1 aromatic rings. The average molecular weight is 392 g/mol. The Hall–Kier alpha value is -1.32. The molecule has 0 aliphatic rings. The van der Waals surface area contributed by atoms with Crippen LogP contribution in [0.15, 0.2) is 24.3 Å². The first-order chi connectivity index (χ1) is 11.4. The van der Waals surface area contributed by atoms with Gasteiger partial charge < -0.3 is 5.32 Å². The lowest BCUT2D eigenvalue weighted by Crippen LogP contribution is -2.39. The summed E-state index contributed by atoms with van der Waals surface area (Å²) in [6.45, 7) is 6.25. The molecule has 0 amide bonds. The molecule has 0 unspecified atom stereocenters. The van der Waals surface area contributed by atoms with Crippen LogP contribution in [0, 0.1) is 0 Å². The maximum absolute atomic E-state index is 11.9. The monoisotopic (exact) mass is 391 g/mol. The zero-order valence-corrected chi connectivity index (χ0v) is 16.9. The fourth-order valence-electron chi connectivity index (χ4n) is 1.95. The molecule has 0 heterocycles. The largest absolute Gasteiger partial charge is 0.385 e. The van der Waals surface area contributed by atoms with Crippen LogP contribution >= 0.6 is 0 Å². The van der Waals surface area contributed by atoms with E-state index in [2.05, 4.69) is 14.8 Å². The average Bonchev–Trinajstić information content (AvgIpc) is 2.45. The molecule has 0 spiro atoms. The maximum Gasteiger partial charge on any atom is 0.229 e. The van der Waals surface area contributed by atoms with E-state index in [4.69, 9.17) is 0 Å². The van der Waals surface area contributed by atoms with Gasteiger partial charge in [-0.2, -0.15) is 0 Å². The first-order valence-corrected chi connectivity index (χ1v) is 11.6. The van der Waals surface area contributed by atoms with Crippen molar-refractivity contribution in [3.05, 3.63) is 24.3 Å². The lowest BCUT2D eigenvalue weighted by Gasteiger charge is -2.19. The molecule has 0 fully saturated rings. The van der Waals surface area contributed by atoms with Crippen molar-refractivity contribution in [1.29, 1.82) is 0 Å². The predicted molar refractivity (Wildman–Crippen MR) is 104 cm³/mol. The van der Waals surface area contributed by atoms with Crippen molar-refractivity contribution in [3.8, 4) is 0 Å². The van der Waals surface area contributed by atoms with Crippen LogP contribution in [0.4, 0.5) is 11.4 Å². The highest BCUT2D eigenvalue weighted by molar-refractivity contribution is 7.92. The molecule has 7 nitrogen and oxygen atoms in total. The Kier molecular flexibility index (Phi) is 7.70. The molecular formula is C16H29N3O4S2. The summed E-state index contributed by atoms with van der Waals surface area (Å²) in [5.41, 5.74) is 1.44. The van der Waals surface area contributed by atoms with Crippen LogP contribution in [0.25, 0.3) is 0 Å². The van der Waals surface area contributed by atoms with Crippen molar-refractivity contribution in [2.24, 2.45) is 0 Å². The van der Waals surface area contributed by atoms with Gasteiger partial charge in [-0.1, -0.05) is 6.42 Å². The van der Waals surface area contributed by atoms with E-state index in [1.54, 1.807) is 32.9 Å². The first-order valence-electron chi connectivity index (χ1n) is 8.22. The van der Waals surface area contributed by atoms with E-state index in [1.807, 2.05) is 12.1 Å². The Balaban J connectivity index is 2.22. The third-order valence-corrected chi connectivity index (χ3v) is 6.27. The molecule has 144 valence electrons. The van der Waals surface area contributed by atoms with Gasteiger partial charge in [0.1, 0.15) is 0 Å². The molecule has 3 N–H and O–H groups in total. The molecule has 0 radical (unpaired) electrons. The second-order valence-electron chi connectivity index (χ2n) is 6.95. The summed E-state index contributed by atoms with van der Waals surface area (Å²) >= 11 is 0. The first kappa shape index (κ1) is 21.7. The van der Waals surface area contributed by atoms with Crippen LogP contribution in [0.5, 0.6) is 0 Å². The highest BCUT2D eigenvalue weighted by Gasteiger charge is 2.27. The molecule has 0 bridgehead atoms. The minimum Gasteiger partial charge on any atom is -0.385 e. The van der Waals surface area contributed by atoms with Crippen molar-refractivity contribution in [2.75, 3.05) is 29.4 Å². The number of sulfonamides is 2. The van der Waals surface area contributed by atoms with E-state index in [9.17, 15) is 16.8 Å². The highest BCUT2D eigenvalue weighted by Crippen LogP contribution is 2.15. The summed E-state index contributed by atoms with van der Waals surface area (Å²) in [6, 6.07) is 7.02. The number of nitrogens with one attached hydrogen (secondary N) is 3. The van der Waals surface area contributed by atoms with E-state index < -0.39 is 24.8 Å². The van der Waals surface area contributed by atoms with E-state index in [0.29, 0.717) is 12.2 Å². The van der Waals surface area contributed by atoms with Crippen molar-refractivity contribution in [1.82, 2.24) is 4.72 Å². The van der Waals surface area contributed by atoms with Crippen LogP contribution in [-0.2, 0) is 20.0 Å².